The lowest BCUT2D eigenvalue weighted by Crippen LogP contribution is -2.25. The zero-order valence-electron chi connectivity index (χ0n) is 6.94. The summed E-state index contributed by atoms with van der Waals surface area (Å²) >= 11 is 0. The number of hydrogen-bond donors (Lipinski definition) is 2. The minimum atomic E-state index is -1.46. The van der Waals surface area contributed by atoms with Gasteiger partial charge in [-0.3, -0.25) is 11.3 Å². The number of rotatable bonds is 2. The van der Waals surface area contributed by atoms with E-state index in [1.807, 2.05) is 0 Å². The molecule has 5 heteroatoms. The van der Waals surface area contributed by atoms with Gasteiger partial charge in [0.1, 0.15) is 0 Å². The fourth-order valence-corrected chi connectivity index (χ4v) is 0.921. The zero-order valence-corrected chi connectivity index (χ0v) is 6.94. The quantitative estimate of drug-likeness (QED) is 0.422. The van der Waals surface area contributed by atoms with E-state index in [9.17, 15) is 13.2 Å². The molecule has 2 nitrogen and oxygen atoms in total. The predicted octanol–water partition coefficient (Wildman–Crippen LogP) is 1.63. The highest BCUT2D eigenvalue weighted by Crippen LogP contribution is 2.18. The third-order valence-corrected chi connectivity index (χ3v) is 1.76. The van der Waals surface area contributed by atoms with E-state index >= 15 is 0 Å². The molecule has 1 aromatic rings. The third kappa shape index (κ3) is 1.99. The fourth-order valence-electron chi connectivity index (χ4n) is 0.921. The molecular formula is C8H9F3N2. The average molecular weight is 190 g/mol. The van der Waals surface area contributed by atoms with Crippen LogP contribution in [0.4, 0.5) is 13.2 Å². The van der Waals surface area contributed by atoms with E-state index in [2.05, 4.69) is 5.43 Å². The Morgan fingerprint density at radius 2 is 1.69 bits per heavy atom. The van der Waals surface area contributed by atoms with Gasteiger partial charge >= 0.3 is 0 Å². The summed E-state index contributed by atoms with van der Waals surface area (Å²) in [7, 11) is 0. The van der Waals surface area contributed by atoms with Gasteiger partial charge in [0, 0.05) is 6.04 Å². The smallest absolute Gasteiger partial charge is 0.194 e. The Morgan fingerprint density at radius 1 is 1.23 bits per heavy atom. The molecule has 72 valence electrons. The molecule has 1 aromatic carbocycles. The van der Waals surface area contributed by atoms with Crippen LogP contribution in [0, 0.1) is 17.5 Å². The number of hydrogen-bond acceptors (Lipinski definition) is 2. The Bertz CT molecular complexity index is 291. The van der Waals surface area contributed by atoms with Gasteiger partial charge < -0.3 is 0 Å². The summed E-state index contributed by atoms with van der Waals surface area (Å²) in [6.45, 7) is 1.60. The first-order valence-electron chi connectivity index (χ1n) is 3.67. The van der Waals surface area contributed by atoms with Gasteiger partial charge in [0.2, 0.25) is 0 Å². The second kappa shape index (κ2) is 3.76. The van der Waals surface area contributed by atoms with Crippen molar-refractivity contribution in [1.29, 1.82) is 0 Å². The number of hydrazine groups is 1. The molecule has 0 aromatic heterocycles. The van der Waals surface area contributed by atoms with E-state index in [-0.39, 0.29) is 5.56 Å². The second-order valence-corrected chi connectivity index (χ2v) is 2.69. The SMILES string of the molecule is C[C@H](NN)c1cc(F)c(F)c(F)c1. The van der Waals surface area contributed by atoms with Gasteiger partial charge in [-0.25, -0.2) is 13.2 Å². The summed E-state index contributed by atoms with van der Waals surface area (Å²) in [4.78, 5) is 0. The van der Waals surface area contributed by atoms with Crippen molar-refractivity contribution in [3.63, 3.8) is 0 Å². The minimum absolute atomic E-state index is 0.263. The van der Waals surface area contributed by atoms with Gasteiger partial charge in [0.15, 0.2) is 17.5 Å². The molecule has 0 radical (unpaired) electrons. The van der Waals surface area contributed by atoms with Crippen molar-refractivity contribution < 1.29 is 13.2 Å². The Hall–Kier alpha value is -1.07. The number of nitrogens with one attached hydrogen (secondary N) is 1. The van der Waals surface area contributed by atoms with E-state index in [1.54, 1.807) is 6.92 Å². The summed E-state index contributed by atoms with van der Waals surface area (Å²) in [5.41, 5.74) is 2.56. The molecule has 0 spiro atoms. The first-order chi connectivity index (χ1) is 6.06. The van der Waals surface area contributed by atoms with E-state index in [0.717, 1.165) is 12.1 Å². The minimum Gasteiger partial charge on any atom is -0.271 e. The molecular weight excluding hydrogens is 181 g/mol. The molecule has 0 saturated heterocycles. The molecule has 0 unspecified atom stereocenters. The standard InChI is InChI=1S/C8H9F3N2/c1-4(13-12)5-2-6(9)8(11)7(10)3-5/h2-4,13H,12H2,1H3/t4-/m0/s1. The maximum absolute atomic E-state index is 12.7. The molecule has 0 aliphatic rings. The molecule has 0 aliphatic heterocycles. The largest absolute Gasteiger partial charge is 0.271 e. The molecule has 13 heavy (non-hydrogen) atoms. The number of nitrogens with two attached hydrogens (primary N) is 1. The molecule has 1 atom stereocenters. The molecule has 0 saturated carbocycles. The Kier molecular flexibility index (Phi) is 2.90. The van der Waals surface area contributed by atoms with Crippen molar-refractivity contribution in [3.05, 3.63) is 35.1 Å². The summed E-state index contributed by atoms with van der Waals surface area (Å²) in [6, 6.07) is 1.39. The van der Waals surface area contributed by atoms with Crippen LogP contribution in [-0.2, 0) is 0 Å². The molecule has 0 aliphatic carbocycles. The summed E-state index contributed by atoms with van der Waals surface area (Å²) in [5, 5.41) is 0. The lowest BCUT2D eigenvalue weighted by molar-refractivity contribution is 0.441. The van der Waals surface area contributed by atoms with Gasteiger partial charge in [0.25, 0.3) is 0 Å². The fraction of sp³-hybridized carbons (Fsp3) is 0.250. The summed E-state index contributed by atoms with van der Waals surface area (Å²) in [5.74, 6) is 1.17. The van der Waals surface area contributed by atoms with Crippen LogP contribution in [0.25, 0.3) is 0 Å². The first kappa shape index (κ1) is 10.0. The molecule has 0 fully saturated rings. The highest BCUT2D eigenvalue weighted by molar-refractivity contribution is 5.21. The van der Waals surface area contributed by atoms with E-state index in [1.165, 1.54) is 0 Å². The summed E-state index contributed by atoms with van der Waals surface area (Å²) < 4.78 is 37.8. The van der Waals surface area contributed by atoms with Crippen LogP contribution in [0.2, 0.25) is 0 Å². The van der Waals surface area contributed by atoms with E-state index in [4.69, 9.17) is 5.84 Å². The molecule has 0 bridgehead atoms. The van der Waals surface area contributed by atoms with Crippen LogP contribution in [-0.4, -0.2) is 0 Å². The molecule has 1 rings (SSSR count). The van der Waals surface area contributed by atoms with Gasteiger partial charge in [-0.2, -0.15) is 0 Å². The highest BCUT2D eigenvalue weighted by atomic mass is 19.2. The highest BCUT2D eigenvalue weighted by Gasteiger charge is 2.13. The van der Waals surface area contributed by atoms with Gasteiger partial charge in [-0.05, 0) is 24.6 Å². The van der Waals surface area contributed by atoms with Crippen LogP contribution in [0.5, 0.6) is 0 Å². The van der Waals surface area contributed by atoms with Gasteiger partial charge in [-0.1, -0.05) is 0 Å². The lowest BCUT2D eigenvalue weighted by Gasteiger charge is -2.10. The van der Waals surface area contributed by atoms with Crippen molar-refractivity contribution in [1.82, 2.24) is 5.43 Å². The van der Waals surface area contributed by atoms with Crippen LogP contribution >= 0.6 is 0 Å². The molecule has 0 amide bonds. The van der Waals surface area contributed by atoms with Crippen molar-refractivity contribution in [2.45, 2.75) is 13.0 Å². The maximum Gasteiger partial charge on any atom is 0.194 e. The van der Waals surface area contributed by atoms with Gasteiger partial charge in [-0.15, -0.1) is 0 Å². The molecule has 0 heterocycles. The normalized spacial score (nSPS) is 13.0. The third-order valence-electron chi connectivity index (χ3n) is 1.76. The van der Waals surface area contributed by atoms with Crippen molar-refractivity contribution in [2.75, 3.05) is 0 Å². The van der Waals surface area contributed by atoms with Crippen LogP contribution in [0.1, 0.15) is 18.5 Å². The lowest BCUT2D eigenvalue weighted by atomic mass is 10.1. The number of halogens is 3. The predicted molar refractivity (Wildman–Crippen MR) is 42.1 cm³/mol. The number of benzene rings is 1. The van der Waals surface area contributed by atoms with Crippen LogP contribution in [0.15, 0.2) is 12.1 Å². The van der Waals surface area contributed by atoms with Crippen molar-refractivity contribution in [3.8, 4) is 0 Å². The van der Waals surface area contributed by atoms with Crippen LogP contribution in [0.3, 0.4) is 0 Å². The monoisotopic (exact) mass is 190 g/mol. The second-order valence-electron chi connectivity index (χ2n) is 2.69. The average Bonchev–Trinajstić information content (AvgIpc) is 2.12. The maximum atomic E-state index is 12.7. The zero-order chi connectivity index (χ0) is 10.0. The molecule has 3 N–H and O–H groups in total. The van der Waals surface area contributed by atoms with Crippen molar-refractivity contribution in [2.24, 2.45) is 5.84 Å². The van der Waals surface area contributed by atoms with E-state index in [0.29, 0.717) is 0 Å². The Labute approximate surface area is 73.5 Å². The van der Waals surface area contributed by atoms with Crippen LogP contribution < -0.4 is 11.3 Å². The Balaban J connectivity index is 3.13. The Morgan fingerprint density at radius 3 is 2.08 bits per heavy atom. The summed E-state index contributed by atoms with van der Waals surface area (Å²) in [6.07, 6.45) is 0. The van der Waals surface area contributed by atoms with E-state index < -0.39 is 23.5 Å². The first-order valence-corrected chi connectivity index (χ1v) is 3.67. The van der Waals surface area contributed by atoms with Crippen molar-refractivity contribution >= 4 is 0 Å². The topological polar surface area (TPSA) is 38.0 Å². The van der Waals surface area contributed by atoms with Gasteiger partial charge in [0.05, 0.1) is 0 Å².